The maximum atomic E-state index is 13.3. The number of likely N-dealkylation sites (N-methyl/N-ethyl adjacent to an activating group) is 1. The van der Waals surface area contributed by atoms with Crippen LogP contribution in [0.4, 0.5) is 4.79 Å². The zero-order chi connectivity index (χ0) is 25.2. The van der Waals surface area contributed by atoms with Gasteiger partial charge in [-0.1, -0.05) is 78.9 Å². The van der Waals surface area contributed by atoms with E-state index in [0.717, 1.165) is 27.2 Å². The highest BCUT2D eigenvalue weighted by molar-refractivity contribution is 5.91. The minimum absolute atomic E-state index is 0.103. The predicted octanol–water partition coefficient (Wildman–Crippen LogP) is 4.59. The van der Waals surface area contributed by atoms with Crippen LogP contribution < -0.4 is 5.32 Å². The van der Waals surface area contributed by atoms with E-state index in [1.165, 1.54) is 20.9 Å². The van der Waals surface area contributed by atoms with Crippen LogP contribution in [0.25, 0.3) is 11.1 Å². The zero-order valence-corrected chi connectivity index (χ0v) is 19.9. The number of carbonyl (C=O) groups is 3. The van der Waals surface area contributed by atoms with E-state index in [1.54, 1.807) is 30.3 Å². The first-order chi connectivity index (χ1) is 16.7. The Balaban J connectivity index is 1.53. The van der Waals surface area contributed by atoms with Gasteiger partial charge in [0.05, 0.1) is 0 Å². The predicted molar refractivity (Wildman–Crippen MR) is 132 cm³/mol. The van der Waals surface area contributed by atoms with Crippen LogP contribution in [0.3, 0.4) is 0 Å². The zero-order valence-electron chi connectivity index (χ0n) is 19.9. The number of aliphatic carboxylic acids is 1. The maximum absolute atomic E-state index is 13.3. The van der Waals surface area contributed by atoms with Crippen LogP contribution in [0, 0.1) is 0 Å². The van der Waals surface area contributed by atoms with Crippen molar-refractivity contribution in [1.29, 1.82) is 0 Å². The van der Waals surface area contributed by atoms with Gasteiger partial charge in [-0.3, -0.25) is 4.79 Å². The molecule has 1 aliphatic carbocycles. The smallest absolute Gasteiger partial charge is 0.408 e. The summed E-state index contributed by atoms with van der Waals surface area (Å²) < 4.78 is 5.62. The molecule has 0 saturated heterocycles. The molecule has 7 nitrogen and oxygen atoms in total. The summed E-state index contributed by atoms with van der Waals surface area (Å²) in [5, 5.41) is 12.2. The first kappa shape index (κ1) is 24.0. The quantitative estimate of drug-likeness (QED) is 0.524. The minimum atomic E-state index is -1.47. The van der Waals surface area contributed by atoms with Gasteiger partial charge in [-0.05, 0) is 41.7 Å². The van der Waals surface area contributed by atoms with Crippen LogP contribution in [-0.4, -0.2) is 47.2 Å². The van der Waals surface area contributed by atoms with Gasteiger partial charge in [-0.2, -0.15) is 0 Å². The third-order valence-corrected chi connectivity index (χ3v) is 6.68. The van der Waals surface area contributed by atoms with Crippen LogP contribution in [0.1, 0.15) is 42.5 Å². The van der Waals surface area contributed by atoms with Crippen molar-refractivity contribution in [2.75, 3.05) is 13.7 Å². The number of benzene rings is 3. The molecule has 0 fully saturated rings. The summed E-state index contributed by atoms with van der Waals surface area (Å²) in [5.74, 6) is -1.83. The summed E-state index contributed by atoms with van der Waals surface area (Å²) in [6.45, 7) is 2.97. The SMILES string of the molecule is CN(C(=O)[C@@H](NC(=O)OCC1c2ccccc2-c2ccccc21)c1ccccc1)C(C)(C)C(=O)O. The number of fused-ring (bicyclic) bond motifs is 3. The molecule has 180 valence electrons. The molecule has 3 aromatic carbocycles. The average molecular weight is 473 g/mol. The van der Waals surface area contributed by atoms with Gasteiger partial charge in [0.1, 0.15) is 18.2 Å². The Kier molecular flexibility index (Phi) is 6.60. The van der Waals surface area contributed by atoms with E-state index in [9.17, 15) is 19.5 Å². The van der Waals surface area contributed by atoms with E-state index in [2.05, 4.69) is 17.4 Å². The Bertz CT molecular complexity index is 1210. The van der Waals surface area contributed by atoms with Crippen molar-refractivity contribution in [2.45, 2.75) is 31.3 Å². The lowest BCUT2D eigenvalue weighted by Crippen LogP contribution is -2.54. The van der Waals surface area contributed by atoms with Gasteiger partial charge in [0, 0.05) is 13.0 Å². The molecule has 1 aliphatic rings. The van der Waals surface area contributed by atoms with E-state index >= 15 is 0 Å². The van der Waals surface area contributed by atoms with Gasteiger partial charge >= 0.3 is 12.1 Å². The molecule has 35 heavy (non-hydrogen) atoms. The molecule has 0 spiro atoms. The molecule has 0 aliphatic heterocycles. The van der Waals surface area contributed by atoms with E-state index < -0.39 is 29.6 Å². The summed E-state index contributed by atoms with van der Waals surface area (Å²) in [7, 11) is 1.41. The number of carboxylic acids is 1. The molecule has 0 radical (unpaired) electrons. The molecule has 0 unspecified atom stereocenters. The molecule has 4 rings (SSSR count). The lowest BCUT2D eigenvalue weighted by atomic mass is 9.98. The molecule has 0 saturated carbocycles. The highest BCUT2D eigenvalue weighted by Gasteiger charge is 2.39. The monoisotopic (exact) mass is 472 g/mol. The van der Waals surface area contributed by atoms with Gasteiger partial charge in [0.2, 0.25) is 0 Å². The number of nitrogens with zero attached hydrogens (tertiary/aromatic N) is 1. The van der Waals surface area contributed by atoms with Crippen molar-refractivity contribution in [1.82, 2.24) is 10.2 Å². The number of hydrogen-bond donors (Lipinski definition) is 2. The van der Waals surface area contributed by atoms with E-state index in [1.807, 2.05) is 36.4 Å². The summed E-state index contributed by atoms with van der Waals surface area (Å²) in [4.78, 5) is 39.0. The number of rotatable bonds is 7. The second-order valence-electron chi connectivity index (χ2n) is 9.08. The number of ether oxygens (including phenoxy) is 1. The average Bonchev–Trinajstić information content (AvgIpc) is 3.19. The number of alkyl carbamates (subject to hydrolysis) is 1. The Morgan fingerprint density at radius 1 is 0.914 bits per heavy atom. The molecule has 0 bridgehead atoms. The summed E-state index contributed by atoms with van der Waals surface area (Å²) in [6.07, 6.45) is -0.754. The normalized spacial score (nSPS) is 13.3. The fraction of sp³-hybridized carbons (Fsp3) is 0.250. The molecule has 7 heteroatoms. The standard InChI is InChI=1S/C28H28N2O5/c1-28(2,26(32)33)30(3)25(31)24(18-11-5-4-6-12-18)29-27(34)35-17-23-21-15-9-7-13-19(21)20-14-8-10-16-22(20)23/h4-16,23-24H,17H2,1-3H3,(H,29,34)(H,32,33)/t24-/m0/s1. The van der Waals surface area contributed by atoms with Gasteiger partial charge in [-0.25, -0.2) is 9.59 Å². The first-order valence-corrected chi connectivity index (χ1v) is 11.4. The first-order valence-electron chi connectivity index (χ1n) is 11.4. The van der Waals surface area contributed by atoms with Crippen molar-refractivity contribution in [3.63, 3.8) is 0 Å². The molecule has 0 heterocycles. The molecule has 3 aromatic rings. The van der Waals surface area contributed by atoms with Gasteiger partial charge in [0.15, 0.2) is 0 Å². The van der Waals surface area contributed by atoms with Crippen LogP contribution in [0.5, 0.6) is 0 Å². The number of carbonyl (C=O) groups excluding carboxylic acids is 2. The van der Waals surface area contributed by atoms with Gasteiger partial charge in [0.25, 0.3) is 5.91 Å². The largest absolute Gasteiger partial charge is 0.480 e. The van der Waals surface area contributed by atoms with E-state index in [-0.39, 0.29) is 12.5 Å². The number of carboxylic acid groups (broad SMARTS) is 1. The molecule has 1 atom stereocenters. The highest BCUT2D eigenvalue weighted by Crippen LogP contribution is 2.44. The highest BCUT2D eigenvalue weighted by atomic mass is 16.5. The second kappa shape index (κ2) is 9.62. The Hall–Kier alpha value is -4.13. The van der Waals surface area contributed by atoms with Crippen molar-refractivity contribution >= 4 is 18.0 Å². The molecule has 2 N–H and O–H groups in total. The molecular formula is C28H28N2O5. The van der Waals surface area contributed by atoms with Crippen LogP contribution in [-0.2, 0) is 14.3 Å². The Morgan fingerprint density at radius 2 is 1.43 bits per heavy atom. The maximum Gasteiger partial charge on any atom is 0.408 e. The minimum Gasteiger partial charge on any atom is -0.480 e. The van der Waals surface area contributed by atoms with E-state index in [0.29, 0.717) is 5.56 Å². The Labute approximate surface area is 204 Å². The molecular weight excluding hydrogens is 444 g/mol. The number of hydrogen-bond acceptors (Lipinski definition) is 4. The lowest BCUT2D eigenvalue weighted by molar-refractivity contribution is -0.156. The van der Waals surface area contributed by atoms with Crippen molar-refractivity contribution < 1.29 is 24.2 Å². The molecule has 2 amide bonds. The van der Waals surface area contributed by atoms with Crippen LogP contribution in [0.15, 0.2) is 78.9 Å². The van der Waals surface area contributed by atoms with Crippen molar-refractivity contribution in [3.05, 3.63) is 95.6 Å². The summed E-state index contributed by atoms with van der Waals surface area (Å²) >= 11 is 0. The van der Waals surface area contributed by atoms with Crippen LogP contribution in [0.2, 0.25) is 0 Å². The third-order valence-electron chi connectivity index (χ3n) is 6.68. The number of nitrogens with one attached hydrogen (secondary N) is 1. The third kappa shape index (κ3) is 4.62. The fourth-order valence-corrected chi connectivity index (χ4v) is 4.30. The lowest BCUT2D eigenvalue weighted by Gasteiger charge is -2.34. The Morgan fingerprint density at radius 3 is 1.97 bits per heavy atom. The second-order valence-corrected chi connectivity index (χ2v) is 9.08. The van der Waals surface area contributed by atoms with Crippen molar-refractivity contribution in [3.8, 4) is 11.1 Å². The van der Waals surface area contributed by atoms with E-state index in [4.69, 9.17) is 4.74 Å². The topological polar surface area (TPSA) is 95.9 Å². The number of amides is 2. The van der Waals surface area contributed by atoms with Crippen molar-refractivity contribution in [2.24, 2.45) is 0 Å². The van der Waals surface area contributed by atoms with Gasteiger partial charge in [-0.15, -0.1) is 0 Å². The molecule has 0 aromatic heterocycles. The fourth-order valence-electron chi connectivity index (χ4n) is 4.30. The van der Waals surface area contributed by atoms with Gasteiger partial charge < -0.3 is 20.1 Å². The van der Waals surface area contributed by atoms with Crippen LogP contribution >= 0.6 is 0 Å². The summed E-state index contributed by atoms with van der Waals surface area (Å²) in [5.41, 5.74) is 3.46. The summed E-state index contributed by atoms with van der Waals surface area (Å²) in [6, 6.07) is 23.6.